The zero-order valence-corrected chi connectivity index (χ0v) is 10.1. The van der Waals surface area contributed by atoms with Gasteiger partial charge in [-0.25, -0.2) is 5.84 Å². The SMILES string of the molecule is CC.CN.NNC(=O)COc1ccccc1. The number of nitrogens with one attached hydrogen (secondary N) is 1. The monoisotopic (exact) mass is 227 g/mol. The highest BCUT2D eigenvalue weighted by molar-refractivity contribution is 5.76. The van der Waals surface area contributed by atoms with Crippen LogP contribution in [0.4, 0.5) is 0 Å². The standard InChI is InChI=1S/C8H10N2O2.C2H6.CH5N/c9-10-8(11)6-12-7-4-2-1-3-5-7;2*1-2/h1-5H,6,9H2,(H,10,11);1-2H3;2H2,1H3. The number of carbonyl (C=O) groups is 1. The molecule has 0 aromatic heterocycles. The Balaban J connectivity index is 0. The molecule has 0 unspecified atom stereocenters. The molecule has 0 aliphatic rings. The number of para-hydroxylation sites is 1. The van der Waals surface area contributed by atoms with Crippen LogP contribution in [-0.4, -0.2) is 19.6 Å². The first-order chi connectivity index (χ1) is 7.83. The van der Waals surface area contributed by atoms with E-state index in [1.807, 2.05) is 37.5 Å². The number of amides is 1. The lowest BCUT2D eigenvalue weighted by atomic mass is 10.3. The van der Waals surface area contributed by atoms with E-state index in [0.29, 0.717) is 5.75 Å². The molecule has 5 N–H and O–H groups in total. The van der Waals surface area contributed by atoms with E-state index in [4.69, 9.17) is 10.6 Å². The van der Waals surface area contributed by atoms with Crippen molar-refractivity contribution < 1.29 is 9.53 Å². The molecule has 1 amide bonds. The van der Waals surface area contributed by atoms with E-state index < -0.39 is 0 Å². The minimum absolute atomic E-state index is 0.0550. The second kappa shape index (κ2) is 13.4. The Hall–Kier alpha value is -1.59. The van der Waals surface area contributed by atoms with Crippen molar-refractivity contribution in [1.82, 2.24) is 5.43 Å². The van der Waals surface area contributed by atoms with Crippen molar-refractivity contribution in [3.63, 3.8) is 0 Å². The van der Waals surface area contributed by atoms with Gasteiger partial charge in [0, 0.05) is 0 Å². The van der Waals surface area contributed by atoms with Crippen LogP contribution in [0.25, 0.3) is 0 Å². The van der Waals surface area contributed by atoms with E-state index in [1.165, 1.54) is 7.05 Å². The Morgan fingerprint density at radius 2 is 1.75 bits per heavy atom. The molecule has 1 aromatic carbocycles. The van der Waals surface area contributed by atoms with Gasteiger partial charge in [-0.3, -0.25) is 10.2 Å². The molecule has 16 heavy (non-hydrogen) atoms. The smallest absolute Gasteiger partial charge is 0.271 e. The van der Waals surface area contributed by atoms with Gasteiger partial charge in [-0.15, -0.1) is 0 Å². The van der Waals surface area contributed by atoms with Crippen molar-refractivity contribution in [2.75, 3.05) is 13.7 Å². The summed E-state index contributed by atoms with van der Waals surface area (Å²) in [6.45, 7) is 3.94. The zero-order chi connectivity index (χ0) is 12.8. The molecule has 0 heterocycles. The quantitative estimate of drug-likeness (QED) is 0.402. The number of hydrogen-bond donors (Lipinski definition) is 3. The second-order valence-corrected chi connectivity index (χ2v) is 2.17. The van der Waals surface area contributed by atoms with E-state index >= 15 is 0 Å². The zero-order valence-electron chi connectivity index (χ0n) is 10.1. The van der Waals surface area contributed by atoms with Gasteiger partial charge in [-0.05, 0) is 19.2 Å². The summed E-state index contributed by atoms with van der Waals surface area (Å²) in [4.78, 5) is 10.6. The Morgan fingerprint density at radius 1 is 1.25 bits per heavy atom. The highest BCUT2D eigenvalue weighted by Crippen LogP contribution is 2.07. The topological polar surface area (TPSA) is 90.4 Å². The normalized spacial score (nSPS) is 7.56. The lowest BCUT2D eigenvalue weighted by molar-refractivity contribution is -0.123. The Labute approximate surface area is 96.7 Å². The van der Waals surface area contributed by atoms with Crippen molar-refractivity contribution in [1.29, 1.82) is 0 Å². The van der Waals surface area contributed by atoms with Crippen molar-refractivity contribution in [2.45, 2.75) is 13.8 Å². The number of hydrazine groups is 1. The molecule has 0 fully saturated rings. The maximum atomic E-state index is 10.6. The maximum absolute atomic E-state index is 10.6. The lowest BCUT2D eigenvalue weighted by Gasteiger charge is -2.03. The van der Waals surface area contributed by atoms with Gasteiger partial charge in [-0.1, -0.05) is 32.0 Å². The lowest BCUT2D eigenvalue weighted by Crippen LogP contribution is -2.34. The van der Waals surface area contributed by atoms with Crippen molar-refractivity contribution in [3.8, 4) is 5.75 Å². The third-order valence-corrected chi connectivity index (χ3v) is 1.27. The molecule has 0 saturated carbocycles. The first kappa shape index (κ1) is 16.8. The van der Waals surface area contributed by atoms with Crippen molar-refractivity contribution in [2.24, 2.45) is 11.6 Å². The van der Waals surface area contributed by atoms with Crippen molar-refractivity contribution >= 4 is 5.91 Å². The predicted octanol–water partition coefficient (Wildman–Crippen LogP) is 0.656. The van der Waals surface area contributed by atoms with Crippen LogP contribution in [-0.2, 0) is 4.79 Å². The van der Waals surface area contributed by atoms with E-state index in [-0.39, 0.29) is 12.5 Å². The Morgan fingerprint density at radius 3 is 2.19 bits per heavy atom. The van der Waals surface area contributed by atoms with Crippen LogP contribution >= 0.6 is 0 Å². The molecule has 0 radical (unpaired) electrons. The van der Waals surface area contributed by atoms with Crippen LogP contribution in [0.3, 0.4) is 0 Å². The van der Waals surface area contributed by atoms with Crippen LogP contribution in [0.15, 0.2) is 30.3 Å². The van der Waals surface area contributed by atoms with E-state index in [0.717, 1.165) is 0 Å². The Bertz CT molecular complexity index is 253. The highest BCUT2D eigenvalue weighted by Gasteiger charge is 1.97. The largest absolute Gasteiger partial charge is 0.484 e. The summed E-state index contributed by atoms with van der Waals surface area (Å²) in [6, 6.07) is 9.06. The average molecular weight is 227 g/mol. The summed E-state index contributed by atoms with van der Waals surface area (Å²) in [6.07, 6.45) is 0. The summed E-state index contributed by atoms with van der Waals surface area (Å²) in [5.74, 6) is 5.16. The third-order valence-electron chi connectivity index (χ3n) is 1.27. The number of carbonyl (C=O) groups excluding carboxylic acids is 1. The molecule has 0 saturated heterocycles. The van der Waals surface area contributed by atoms with E-state index in [9.17, 15) is 4.79 Å². The van der Waals surface area contributed by atoms with Crippen LogP contribution in [0, 0.1) is 0 Å². The molecular formula is C11H21N3O2. The van der Waals surface area contributed by atoms with E-state index in [1.54, 1.807) is 12.1 Å². The summed E-state index contributed by atoms with van der Waals surface area (Å²) in [5.41, 5.74) is 6.47. The van der Waals surface area contributed by atoms with Crippen LogP contribution in [0.1, 0.15) is 13.8 Å². The molecular weight excluding hydrogens is 206 g/mol. The summed E-state index contributed by atoms with van der Waals surface area (Å²) in [7, 11) is 1.50. The summed E-state index contributed by atoms with van der Waals surface area (Å²) < 4.78 is 5.07. The molecule has 5 nitrogen and oxygen atoms in total. The maximum Gasteiger partial charge on any atom is 0.271 e. The van der Waals surface area contributed by atoms with Gasteiger partial charge >= 0.3 is 0 Å². The molecule has 5 heteroatoms. The molecule has 92 valence electrons. The van der Waals surface area contributed by atoms with Gasteiger partial charge in [0.1, 0.15) is 5.75 Å². The third kappa shape index (κ3) is 8.98. The minimum atomic E-state index is -0.348. The average Bonchev–Trinajstić information content (AvgIpc) is 2.41. The van der Waals surface area contributed by atoms with Gasteiger partial charge < -0.3 is 10.5 Å². The fraction of sp³-hybridized carbons (Fsp3) is 0.364. The van der Waals surface area contributed by atoms with Gasteiger partial charge in [0.15, 0.2) is 6.61 Å². The van der Waals surface area contributed by atoms with Crippen molar-refractivity contribution in [3.05, 3.63) is 30.3 Å². The minimum Gasteiger partial charge on any atom is -0.484 e. The number of rotatable bonds is 3. The first-order valence-corrected chi connectivity index (χ1v) is 5.08. The molecule has 0 aliphatic heterocycles. The number of nitrogens with two attached hydrogens (primary N) is 2. The van der Waals surface area contributed by atoms with Crippen LogP contribution in [0.5, 0.6) is 5.75 Å². The van der Waals surface area contributed by atoms with Crippen LogP contribution in [0.2, 0.25) is 0 Å². The second-order valence-electron chi connectivity index (χ2n) is 2.17. The fourth-order valence-electron chi connectivity index (χ4n) is 0.707. The summed E-state index contributed by atoms with van der Waals surface area (Å²) >= 11 is 0. The summed E-state index contributed by atoms with van der Waals surface area (Å²) in [5, 5.41) is 0. The first-order valence-electron chi connectivity index (χ1n) is 5.08. The predicted molar refractivity (Wildman–Crippen MR) is 65.7 cm³/mol. The molecule has 1 aromatic rings. The molecule has 0 atom stereocenters. The van der Waals surface area contributed by atoms with Crippen LogP contribution < -0.4 is 21.7 Å². The highest BCUT2D eigenvalue weighted by atomic mass is 16.5. The van der Waals surface area contributed by atoms with Gasteiger partial charge in [0.05, 0.1) is 0 Å². The molecule has 0 spiro atoms. The molecule has 0 bridgehead atoms. The van der Waals surface area contributed by atoms with Gasteiger partial charge in [0.2, 0.25) is 0 Å². The number of ether oxygens (including phenoxy) is 1. The van der Waals surface area contributed by atoms with Gasteiger partial charge in [0.25, 0.3) is 5.91 Å². The Kier molecular flexibility index (Phi) is 14.1. The molecule has 1 rings (SSSR count). The number of benzene rings is 1. The fourth-order valence-corrected chi connectivity index (χ4v) is 0.707. The number of hydrogen-bond acceptors (Lipinski definition) is 4. The molecule has 0 aliphatic carbocycles. The van der Waals surface area contributed by atoms with E-state index in [2.05, 4.69) is 5.73 Å². The van der Waals surface area contributed by atoms with Gasteiger partial charge in [-0.2, -0.15) is 0 Å².